The smallest absolute Gasteiger partial charge is 0.306 e. The predicted molar refractivity (Wildman–Crippen MR) is 78.4 cm³/mol. The van der Waals surface area contributed by atoms with Crippen molar-refractivity contribution in [3.05, 3.63) is 40.9 Å². The van der Waals surface area contributed by atoms with Crippen molar-refractivity contribution in [2.45, 2.75) is 19.8 Å². The number of anilines is 1. The fourth-order valence-corrected chi connectivity index (χ4v) is 1.74. The van der Waals surface area contributed by atoms with Gasteiger partial charge >= 0.3 is 6.03 Å². The minimum atomic E-state index is -0.353. The van der Waals surface area contributed by atoms with Gasteiger partial charge in [0, 0.05) is 17.8 Å². The van der Waals surface area contributed by atoms with Crippen LogP contribution < -0.4 is 5.32 Å². The number of benzene rings is 1. The van der Waals surface area contributed by atoms with Gasteiger partial charge in [-0.25, -0.2) is 9.86 Å². The van der Waals surface area contributed by atoms with Crippen LogP contribution in [0, 0.1) is 0 Å². The zero-order chi connectivity index (χ0) is 14.4. The maximum absolute atomic E-state index is 11.6. The van der Waals surface area contributed by atoms with Crippen molar-refractivity contribution in [3.8, 4) is 0 Å². The third-order valence-electron chi connectivity index (χ3n) is 2.69. The van der Waals surface area contributed by atoms with E-state index >= 15 is 0 Å². The summed E-state index contributed by atoms with van der Waals surface area (Å²) in [6, 6.07) is 5.11. The van der Waals surface area contributed by atoms with Crippen LogP contribution in [0.25, 0.3) is 0 Å². The van der Waals surface area contributed by atoms with E-state index in [4.69, 9.17) is 16.4 Å². The summed E-state index contributed by atoms with van der Waals surface area (Å²) >= 11 is 6.18. The fraction of sp³-hybridized carbons (Fsp3) is 0.357. The number of allylic oxidation sites excluding steroid dienone is 1. The lowest BCUT2D eigenvalue weighted by atomic mass is 10.1. The topological polar surface area (TPSA) is 41.6 Å². The molecule has 0 aliphatic heterocycles. The molecule has 0 heterocycles. The Bertz CT molecular complexity index is 475. The minimum Gasteiger partial charge on any atom is -0.306 e. The monoisotopic (exact) mass is 282 g/mol. The molecule has 1 rings (SSSR count). The van der Waals surface area contributed by atoms with Crippen LogP contribution in [0.15, 0.2) is 30.4 Å². The summed E-state index contributed by atoms with van der Waals surface area (Å²) in [5, 5.41) is 4.42. The molecule has 2 amide bonds. The molecule has 0 spiro atoms. The minimum absolute atomic E-state index is 0.353. The Morgan fingerprint density at radius 3 is 2.74 bits per heavy atom. The Hall–Kier alpha value is -1.52. The van der Waals surface area contributed by atoms with Crippen molar-refractivity contribution in [1.29, 1.82) is 0 Å². The van der Waals surface area contributed by atoms with Crippen LogP contribution in [-0.4, -0.2) is 25.3 Å². The number of urea groups is 1. The molecule has 1 aromatic carbocycles. The first-order valence-electron chi connectivity index (χ1n) is 5.95. The van der Waals surface area contributed by atoms with Gasteiger partial charge in [-0.2, -0.15) is 0 Å². The number of nitrogens with one attached hydrogen (secondary N) is 1. The highest BCUT2D eigenvalue weighted by Crippen LogP contribution is 2.23. The number of hydrogen-bond donors (Lipinski definition) is 1. The van der Waals surface area contributed by atoms with Crippen LogP contribution in [0.2, 0.25) is 5.02 Å². The van der Waals surface area contributed by atoms with Crippen LogP contribution in [0.3, 0.4) is 0 Å². The molecule has 5 heteroatoms. The van der Waals surface area contributed by atoms with Crippen LogP contribution in [0.1, 0.15) is 18.9 Å². The average molecular weight is 283 g/mol. The quantitative estimate of drug-likeness (QED) is 0.658. The van der Waals surface area contributed by atoms with Crippen molar-refractivity contribution >= 4 is 23.3 Å². The zero-order valence-electron chi connectivity index (χ0n) is 11.5. The number of aryl methyl sites for hydroxylation is 1. The summed E-state index contributed by atoms with van der Waals surface area (Å²) in [6.45, 7) is 5.86. The maximum Gasteiger partial charge on any atom is 0.345 e. The zero-order valence-corrected chi connectivity index (χ0v) is 12.3. The summed E-state index contributed by atoms with van der Waals surface area (Å²) in [6.07, 6.45) is 1.75. The second-order valence-electron chi connectivity index (χ2n) is 4.37. The number of hydrogen-bond acceptors (Lipinski definition) is 2. The van der Waals surface area contributed by atoms with Crippen molar-refractivity contribution in [2.75, 3.05) is 19.5 Å². The molecular formula is C14H19ClN2O2. The molecule has 104 valence electrons. The number of hydroxylamine groups is 2. The highest BCUT2D eigenvalue weighted by Gasteiger charge is 2.09. The summed E-state index contributed by atoms with van der Waals surface area (Å²) in [5.74, 6) is 0. The Kier molecular flexibility index (Phi) is 5.86. The lowest BCUT2D eigenvalue weighted by molar-refractivity contribution is -0.0598. The van der Waals surface area contributed by atoms with Gasteiger partial charge in [-0.1, -0.05) is 23.2 Å². The van der Waals surface area contributed by atoms with E-state index in [9.17, 15) is 4.79 Å². The van der Waals surface area contributed by atoms with Crippen molar-refractivity contribution < 1.29 is 9.63 Å². The Balaban J connectivity index is 2.71. The molecule has 0 unspecified atom stereocenters. The van der Waals surface area contributed by atoms with Crippen molar-refractivity contribution in [3.63, 3.8) is 0 Å². The van der Waals surface area contributed by atoms with Crippen LogP contribution in [0.5, 0.6) is 0 Å². The normalized spacial score (nSPS) is 10.1. The fourth-order valence-electron chi connectivity index (χ4n) is 1.46. The molecule has 0 fully saturated rings. The van der Waals surface area contributed by atoms with Crippen molar-refractivity contribution in [2.24, 2.45) is 0 Å². The number of rotatable bonds is 5. The van der Waals surface area contributed by atoms with Gasteiger partial charge in [-0.15, -0.1) is 6.58 Å². The third kappa shape index (κ3) is 4.93. The van der Waals surface area contributed by atoms with E-state index in [1.165, 1.54) is 14.2 Å². The highest BCUT2D eigenvalue weighted by atomic mass is 35.5. The van der Waals surface area contributed by atoms with E-state index in [2.05, 4.69) is 11.9 Å². The second kappa shape index (κ2) is 7.16. The molecule has 1 aromatic rings. The van der Waals surface area contributed by atoms with Gasteiger partial charge in [0.1, 0.15) is 0 Å². The van der Waals surface area contributed by atoms with Gasteiger partial charge in [-0.3, -0.25) is 4.84 Å². The molecule has 0 saturated carbocycles. The first kappa shape index (κ1) is 15.5. The number of halogens is 1. The summed E-state index contributed by atoms with van der Waals surface area (Å²) < 4.78 is 0. The van der Waals surface area contributed by atoms with Gasteiger partial charge in [-0.05, 0) is 37.5 Å². The summed E-state index contributed by atoms with van der Waals surface area (Å²) in [5.41, 5.74) is 2.80. The first-order valence-corrected chi connectivity index (χ1v) is 6.33. The summed E-state index contributed by atoms with van der Waals surface area (Å²) in [7, 11) is 2.95. The van der Waals surface area contributed by atoms with Gasteiger partial charge in [0.25, 0.3) is 0 Å². The Morgan fingerprint density at radius 2 is 2.21 bits per heavy atom. The molecule has 0 aromatic heterocycles. The van der Waals surface area contributed by atoms with E-state index in [-0.39, 0.29) is 6.03 Å². The molecule has 0 bridgehead atoms. The highest BCUT2D eigenvalue weighted by molar-refractivity contribution is 6.31. The number of carbonyl (C=O) groups is 1. The largest absolute Gasteiger partial charge is 0.345 e. The number of nitrogens with zero attached hydrogens (tertiary/aromatic N) is 1. The lowest BCUT2D eigenvalue weighted by Gasteiger charge is -2.15. The SMILES string of the molecule is C=C(C)CCc1ccc(NC(=O)N(C)OC)cc1Cl. The molecule has 0 atom stereocenters. The van der Waals surface area contributed by atoms with Gasteiger partial charge in [0.2, 0.25) is 0 Å². The van der Waals surface area contributed by atoms with Crippen LogP contribution in [0.4, 0.5) is 10.5 Å². The maximum atomic E-state index is 11.6. The molecule has 1 N–H and O–H groups in total. The first-order chi connectivity index (χ1) is 8.93. The predicted octanol–water partition coefficient (Wildman–Crippen LogP) is 3.87. The van der Waals surface area contributed by atoms with E-state index < -0.39 is 0 Å². The molecule has 0 radical (unpaired) electrons. The standard InChI is InChI=1S/C14H19ClN2O2/c1-10(2)5-6-11-7-8-12(9-13(11)15)16-14(18)17(3)19-4/h7-9H,1,5-6H2,2-4H3,(H,16,18). The Labute approximate surface area is 119 Å². The van der Waals surface area contributed by atoms with E-state index in [1.807, 2.05) is 19.1 Å². The third-order valence-corrected chi connectivity index (χ3v) is 3.04. The number of carbonyl (C=O) groups excluding carboxylic acids is 1. The molecule has 0 aliphatic rings. The van der Waals surface area contributed by atoms with E-state index in [1.54, 1.807) is 6.07 Å². The summed E-state index contributed by atoms with van der Waals surface area (Å²) in [4.78, 5) is 16.4. The van der Waals surface area contributed by atoms with Crippen LogP contribution >= 0.6 is 11.6 Å². The molecule has 0 aliphatic carbocycles. The molecule has 4 nitrogen and oxygen atoms in total. The molecular weight excluding hydrogens is 264 g/mol. The number of amides is 2. The van der Waals surface area contributed by atoms with Gasteiger partial charge < -0.3 is 5.32 Å². The molecule has 0 saturated heterocycles. The van der Waals surface area contributed by atoms with Gasteiger partial charge in [0.15, 0.2) is 0 Å². The second-order valence-corrected chi connectivity index (χ2v) is 4.78. The van der Waals surface area contributed by atoms with E-state index in [0.29, 0.717) is 10.7 Å². The Morgan fingerprint density at radius 1 is 1.53 bits per heavy atom. The average Bonchev–Trinajstić information content (AvgIpc) is 2.36. The molecule has 19 heavy (non-hydrogen) atoms. The van der Waals surface area contributed by atoms with Gasteiger partial charge in [0.05, 0.1) is 7.11 Å². The van der Waals surface area contributed by atoms with Crippen LogP contribution in [-0.2, 0) is 11.3 Å². The van der Waals surface area contributed by atoms with E-state index in [0.717, 1.165) is 29.0 Å². The van der Waals surface area contributed by atoms with Crippen molar-refractivity contribution in [1.82, 2.24) is 5.06 Å². The lowest BCUT2D eigenvalue weighted by Crippen LogP contribution is -2.30.